The second-order valence-corrected chi connectivity index (χ2v) is 6.00. The fourth-order valence-electron chi connectivity index (χ4n) is 2.16. The molecule has 3 aromatic rings. The van der Waals surface area contributed by atoms with Gasteiger partial charge in [0.15, 0.2) is 5.69 Å². The first-order chi connectivity index (χ1) is 11.7. The number of carbonyl (C=O) groups is 1. The molecule has 0 aliphatic rings. The predicted molar refractivity (Wildman–Crippen MR) is 99.2 cm³/mol. The summed E-state index contributed by atoms with van der Waals surface area (Å²) < 4.78 is 11.5. The first-order valence-corrected chi connectivity index (χ1v) is 8.51. The largest absolute Gasteiger partial charge is 0.461 e. The summed E-state index contributed by atoms with van der Waals surface area (Å²) in [5.74, 6) is 1.12. The Kier molecular flexibility index (Phi) is 5.14. The van der Waals surface area contributed by atoms with Crippen molar-refractivity contribution >= 4 is 28.6 Å². The van der Waals surface area contributed by atoms with E-state index in [4.69, 9.17) is 9.47 Å². The highest BCUT2D eigenvalue weighted by atomic mass is 127. The molecular formula is C18H15IN2O3. The standard InChI is InChI=1S/C18H15IN2O3/c1-2-23-18(22)17-15(19)16(20-21-17)12-8-10-14(11-9-12)24-13-6-4-3-5-7-13/h3-11H,2H2,1H3,(H,20,21). The van der Waals surface area contributed by atoms with Crippen LogP contribution in [0.2, 0.25) is 0 Å². The van der Waals surface area contributed by atoms with E-state index in [1.54, 1.807) is 6.92 Å². The molecule has 1 N–H and O–H groups in total. The van der Waals surface area contributed by atoms with Crippen molar-refractivity contribution in [3.63, 3.8) is 0 Å². The van der Waals surface area contributed by atoms with Crippen LogP contribution in [0, 0.1) is 3.57 Å². The van der Waals surface area contributed by atoms with Crippen LogP contribution in [0.1, 0.15) is 17.4 Å². The van der Waals surface area contributed by atoms with Crippen molar-refractivity contribution in [1.82, 2.24) is 10.2 Å². The van der Waals surface area contributed by atoms with Gasteiger partial charge in [-0.05, 0) is 65.9 Å². The van der Waals surface area contributed by atoms with E-state index >= 15 is 0 Å². The zero-order valence-corrected chi connectivity index (χ0v) is 15.1. The van der Waals surface area contributed by atoms with Crippen LogP contribution in [0.5, 0.6) is 11.5 Å². The lowest BCUT2D eigenvalue weighted by molar-refractivity contribution is 0.0518. The summed E-state index contributed by atoms with van der Waals surface area (Å²) in [5, 5.41) is 6.98. The molecule has 0 atom stereocenters. The maximum Gasteiger partial charge on any atom is 0.357 e. The van der Waals surface area contributed by atoms with E-state index in [-0.39, 0.29) is 0 Å². The molecule has 3 rings (SSSR count). The molecule has 0 spiro atoms. The monoisotopic (exact) mass is 434 g/mol. The van der Waals surface area contributed by atoms with Gasteiger partial charge in [0.25, 0.3) is 0 Å². The molecule has 0 saturated carbocycles. The highest BCUT2D eigenvalue weighted by Gasteiger charge is 2.19. The van der Waals surface area contributed by atoms with Crippen LogP contribution in [-0.4, -0.2) is 22.8 Å². The molecule has 1 aromatic heterocycles. The Hall–Kier alpha value is -2.35. The van der Waals surface area contributed by atoms with E-state index in [9.17, 15) is 4.79 Å². The molecule has 24 heavy (non-hydrogen) atoms. The molecule has 0 amide bonds. The number of ether oxygens (including phenoxy) is 2. The van der Waals surface area contributed by atoms with Gasteiger partial charge in [0.2, 0.25) is 0 Å². The minimum absolute atomic E-state index is 0.328. The molecule has 5 nitrogen and oxygen atoms in total. The molecule has 2 aromatic carbocycles. The van der Waals surface area contributed by atoms with E-state index in [2.05, 4.69) is 32.8 Å². The number of aromatic amines is 1. The Bertz CT molecular complexity index is 829. The smallest absolute Gasteiger partial charge is 0.357 e. The molecule has 0 saturated heterocycles. The number of hydrogen-bond donors (Lipinski definition) is 1. The van der Waals surface area contributed by atoms with Gasteiger partial charge in [0.1, 0.15) is 17.2 Å². The Morgan fingerprint density at radius 2 is 1.75 bits per heavy atom. The van der Waals surface area contributed by atoms with Gasteiger partial charge < -0.3 is 9.47 Å². The number of carbonyl (C=O) groups excluding carboxylic acids is 1. The summed E-state index contributed by atoms with van der Waals surface area (Å²) in [7, 11) is 0. The average Bonchev–Trinajstić information content (AvgIpc) is 2.98. The van der Waals surface area contributed by atoms with Crippen LogP contribution in [-0.2, 0) is 4.74 Å². The zero-order chi connectivity index (χ0) is 16.9. The summed E-state index contributed by atoms with van der Waals surface area (Å²) in [5.41, 5.74) is 1.98. The van der Waals surface area contributed by atoms with Crippen LogP contribution >= 0.6 is 22.6 Å². The van der Waals surface area contributed by atoms with Crippen molar-refractivity contribution in [1.29, 1.82) is 0 Å². The van der Waals surface area contributed by atoms with E-state index in [1.807, 2.05) is 54.6 Å². The molecule has 0 radical (unpaired) electrons. The number of H-pyrrole nitrogens is 1. The van der Waals surface area contributed by atoms with Gasteiger partial charge in [-0.2, -0.15) is 5.10 Å². The summed E-state index contributed by atoms with van der Waals surface area (Å²) >= 11 is 2.10. The van der Waals surface area contributed by atoms with Crippen molar-refractivity contribution in [3.05, 3.63) is 63.9 Å². The van der Waals surface area contributed by atoms with Crippen molar-refractivity contribution in [2.75, 3.05) is 6.61 Å². The lowest BCUT2D eigenvalue weighted by Crippen LogP contribution is -2.06. The lowest BCUT2D eigenvalue weighted by atomic mass is 10.1. The normalized spacial score (nSPS) is 10.4. The first kappa shape index (κ1) is 16.5. The third kappa shape index (κ3) is 3.59. The molecule has 122 valence electrons. The SMILES string of the molecule is CCOC(=O)c1[nH]nc(-c2ccc(Oc3ccccc3)cc2)c1I. The zero-order valence-electron chi connectivity index (χ0n) is 13.0. The number of nitrogens with zero attached hydrogens (tertiary/aromatic N) is 1. The molecule has 0 fully saturated rings. The fourth-order valence-corrected chi connectivity index (χ4v) is 2.94. The van der Waals surface area contributed by atoms with Crippen molar-refractivity contribution in [3.8, 4) is 22.8 Å². The molecular weight excluding hydrogens is 419 g/mol. The maximum absolute atomic E-state index is 11.8. The maximum atomic E-state index is 11.8. The average molecular weight is 434 g/mol. The topological polar surface area (TPSA) is 64.2 Å². The number of halogens is 1. The van der Waals surface area contributed by atoms with Gasteiger partial charge in [-0.25, -0.2) is 4.79 Å². The summed E-state index contributed by atoms with van der Waals surface area (Å²) in [6.07, 6.45) is 0. The molecule has 1 heterocycles. The quantitative estimate of drug-likeness (QED) is 0.469. The lowest BCUT2D eigenvalue weighted by Gasteiger charge is -2.06. The highest BCUT2D eigenvalue weighted by molar-refractivity contribution is 14.1. The predicted octanol–water partition coefficient (Wildman–Crippen LogP) is 4.65. The van der Waals surface area contributed by atoms with E-state index in [0.29, 0.717) is 18.0 Å². The van der Waals surface area contributed by atoms with Crippen molar-refractivity contribution in [2.24, 2.45) is 0 Å². The molecule has 0 bridgehead atoms. The van der Waals surface area contributed by atoms with Crippen LogP contribution in [0.25, 0.3) is 11.3 Å². The van der Waals surface area contributed by atoms with E-state index in [0.717, 1.165) is 20.6 Å². The van der Waals surface area contributed by atoms with Crippen molar-refractivity contribution < 1.29 is 14.3 Å². The minimum Gasteiger partial charge on any atom is -0.461 e. The number of nitrogens with one attached hydrogen (secondary N) is 1. The van der Waals surface area contributed by atoms with Gasteiger partial charge in [-0.3, -0.25) is 5.10 Å². The Balaban J connectivity index is 1.80. The van der Waals surface area contributed by atoms with Gasteiger partial charge in [-0.15, -0.1) is 0 Å². The van der Waals surface area contributed by atoms with Crippen LogP contribution in [0.3, 0.4) is 0 Å². The number of benzene rings is 2. The summed E-state index contributed by atoms with van der Waals surface area (Å²) in [4.78, 5) is 11.8. The number of hydrogen-bond acceptors (Lipinski definition) is 4. The molecule has 0 unspecified atom stereocenters. The number of esters is 1. The first-order valence-electron chi connectivity index (χ1n) is 7.43. The van der Waals surface area contributed by atoms with Crippen LogP contribution in [0.4, 0.5) is 0 Å². The molecule has 0 aliphatic carbocycles. The third-order valence-electron chi connectivity index (χ3n) is 3.29. The Labute approximate surface area is 153 Å². The highest BCUT2D eigenvalue weighted by Crippen LogP contribution is 2.29. The van der Waals surface area contributed by atoms with Gasteiger partial charge >= 0.3 is 5.97 Å². The van der Waals surface area contributed by atoms with Gasteiger partial charge in [0.05, 0.1) is 10.2 Å². The minimum atomic E-state index is -0.398. The van der Waals surface area contributed by atoms with Gasteiger partial charge in [-0.1, -0.05) is 18.2 Å². The number of aromatic nitrogens is 2. The fraction of sp³-hybridized carbons (Fsp3) is 0.111. The molecule has 6 heteroatoms. The Morgan fingerprint density at radius 1 is 1.08 bits per heavy atom. The molecule has 0 aliphatic heterocycles. The summed E-state index contributed by atoms with van der Waals surface area (Å²) in [6, 6.07) is 17.1. The number of rotatable bonds is 5. The third-order valence-corrected chi connectivity index (χ3v) is 4.34. The number of para-hydroxylation sites is 1. The van der Waals surface area contributed by atoms with Gasteiger partial charge in [0, 0.05) is 5.56 Å². The van der Waals surface area contributed by atoms with Crippen LogP contribution in [0.15, 0.2) is 54.6 Å². The Morgan fingerprint density at radius 3 is 2.42 bits per heavy atom. The van der Waals surface area contributed by atoms with E-state index < -0.39 is 5.97 Å². The van der Waals surface area contributed by atoms with E-state index in [1.165, 1.54) is 0 Å². The summed E-state index contributed by atoms with van der Waals surface area (Å²) in [6.45, 7) is 2.10. The van der Waals surface area contributed by atoms with Crippen LogP contribution < -0.4 is 4.74 Å². The van der Waals surface area contributed by atoms with Crippen molar-refractivity contribution in [2.45, 2.75) is 6.92 Å². The second-order valence-electron chi connectivity index (χ2n) is 4.92. The second kappa shape index (κ2) is 7.48.